The minimum atomic E-state index is -0.326. The van der Waals surface area contributed by atoms with E-state index in [9.17, 15) is 9.18 Å². The summed E-state index contributed by atoms with van der Waals surface area (Å²) in [6.07, 6.45) is 0. The van der Waals surface area contributed by atoms with Gasteiger partial charge in [0, 0.05) is 49.2 Å². The zero-order valence-electron chi connectivity index (χ0n) is 16.7. The first-order valence-corrected chi connectivity index (χ1v) is 10.7. The summed E-state index contributed by atoms with van der Waals surface area (Å²) in [4.78, 5) is 20.6. The predicted molar refractivity (Wildman–Crippen MR) is 116 cm³/mol. The van der Waals surface area contributed by atoms with Crippen LogP contribution >= 0.6 is 11.3 Å². The summed E-state index contributed by atoms with van der Waals surface area (Å²) < 4.78 is 14.4. The van der Waals surface area contributed by atoms with Gasteiger partial charge in [-0.15, -0.1) is 11.3 Å². The SMILES string of the molecule is CC(=O)c1ccc(N2CCN(Cc3csc(-c4ccc(C)cc4)n3)CC2)c(F)c1. The lowest BCUT2D eigenvalue weighted by atomic mass is 10.1. The van der Waals surface area contributed by atoms with Gasteiger partial charge in [-0.2, -0.15) is 0 Å². The number of anilines is 1. The third-order valence-corrected chi connectivity index (χ3v) is 6.24. The maximum Gasteiger partial charge on any atom is 0.159 e. The van der Waals surface area contributed by atoms with Crippen LogP contribution in [0.1, 0.15) is 28.5 Å². The number of carbonyl (C=O) groups is 1. The van der Waals surface area contributed by atoms with Crippen LogP contribution in [0.4, 0.5) is 10.1 Å². The molecule has 1 saturated heterocycles. The summed E-state index contributed by atoms with van der Waals surface area (Å²) in [5.74, 6) is -0.443. The fourth-order valence-corrected chi connectivity index (χ4v) is 4.38. The molecule has 2 aromatic carbocycles. The highest BCUT2D eigenvalue weighted by molar-refractivity contribution is 7.13. The molecule has 4 rings (SSSR count). The molecule has 0 aliphatic carbocycles. The van der Waals surface area contributed by atoms with E-state index in [-0.39, 0.29) is 11.6 Å². The number of carbonyl (C=O) groups excluding carboxylic acids is 1. The first-order chi connectivity index (χ1) is 14.0. The highest BCUT2D eigenvalue weighted by atomic mass is 32.1. The smallest absolute Gasteiger partial charge is 0.159 e. The second-order valence-electron chi connectivity index (χ2n) is 7.50. The molecule has 0 saturated carbocycles. The third kappa shape index (κ3) is 4.54. The van der Waals surface area contributed by atoms with Crippen LogP contribution in [0.15, 0.2) is 47.8 Å². The van der Waals surface area contributed by atoms with Crippen molar-refractivity contribution < 1.29 is 9.18 Å². The summed E-state index contributed by atoms with van der Waals surface area (Å²) >= 11 is 1.67. The molecule has 1 aliphatic rings. The molecule has 0 radical (unpaired) electrons. The van der Waals surface area contributed by atoms with Crippen molar-refractivity contribution in [2.24, 2.45) is 0 Å². The maximum atomic E-state index is 14.4. The molecule has 0 bridgehead atoms. The van der Waals surface area contributed by atoms with E-state index < -0.39 is 0 Å². The number of aromatic nitrogens is 1. The van der Waals surface area contributed by atoms with Crippen LogP contribution < -0.4 is 4.90 Å². The minimum absolute atomic E-state index is 0.117. The number of nitrogens with zero attached hydrogens (tertiary/aromatic N) is 3. The molecule has 0 atom stereocenters. The Hall–Kier alpha value is -2.57. The number of benzene rings is 2. The number of hydrogen-bond donors (Lipinski definition) is 0. The molecule has 0 spiro atoms. The Labute approximate surface area is 174 Å². The number of aryl methyl sites for hydroxylation is 1. The van der Waals surface area contributed by atoms with Gasteiger partial charge in [0.05, 0.1) is 11.4 Å². The molecule has 29 heavy (non-hydrogen) atoms. The second-order valence-corrected chi connectivity index (χ2v) is 8.35. The fraction of sp³-hybridized carbons (Fsp3) is 0.304. The van der Waals surface area contributed by atoms with E-state index in [1.807, 2.05) is 0 Å². The van der Waals surface area contributed by atoms with E-state index in [4.69, 9.17) is 4.98 Å². The van der Waals surface area contributed by atoms with Crippen molar-refractivity contribution in [3.8, 4) is 10.6 Å². The Kier molecular flexibility index (Phi) is 5.74. The zero-order valence-corrected chi connectivity index (χ0v) is 17.5. The van der Waals surface area contributed by atoms with Crippen molar-refractivity contribution in [2.45, 2.75) is 20.4 Å². The molecule has 3 aromatic rings. The van der Waals surface area contributed by atoms with E-state index in [2.05, 4.69) is 46.4 Å². The van der Waals surface area contributed by atoms with Gasteiger partial charge in [0.25, 0.3) is 0 Å². The Morgan fingerprint density at radius 3 is 2.48 bits per heavy atom. The van der Waals surface area contributed by atoms with Crippen LogP contribution in [0.2, 0.25) is 0 Å². The van der Waals surface area contributed by atoms with Gasteiger partial charge >= 0.3 is 0 Å². The molecule has 0 amide bonds. The Bertz CT molecular complexity index is 1010. The third-order valence-electron chi connectivity index (χ3n) is 5.30. The maximum absolute atomic E-state index is 14.4. The number of thiazole rings is 1. The number of rotatable bonds is 5. The minimum Gasteiger partial charge on any atom is -0.367 e. The van der Waals surface area contributed by atoms with Gasteiger partial charge < -0.3 is 4.90 Å². The number of ketones is 1. The van der Waals surface area contributed by atoms with E-state index in [0.29, 0.717) is 11.3 Å². The van der Waals surface area contributed by atoms with Gasteiger partial charge in [0.2, 0.25) is 0 Å². The van der Waals surface area contributed by atoms with Crippen LogP contribution in [0, 0.1) is 12.7 Å². The average molecular weight is 410 g/mol. The van der Waals surface area contributed by atoms with Gasteiger partial charge in [-0.1, -0.05) is 29.8 Å². The van der Waals surface area contributed by atoms with Crippen molar-refractivity contribution in [1.82, 2.24) is 9.88 Å². The number of halogens is 1. The summed E-state index contributed by atoms with van der Waals surface area (Å²) in [5, 5.41) is 3.17. The normalized spacial score (nSPS) is 14.9. The average Bonchev–Trinajstić information content (AvgIpc) is 3.17. The number of piperazine rings is 1. The number of hydrogen-bond acceptors (Lipinski definition) is 5. The standard InChI is InChI=1S/C23H24FN3OS/c1-16-3-5-18(6-4-16)23-25-20(15-29-23)14-26-9-11-27(12-10-26)22-8-7-19(17(2)28)13-21(22)24/h3-8,13,15H,9-12,14H2,1-2H3. The molecule has 1 aromatic heterocycles. The highest BCUT2D eigenvalue weighted by Gasteiger charge is 2.21. The lowest BCUT2D eigenvalue weighted by molar-refractivity contribution is 0.101. The zero-order chi connectivity index (χ0) is 20.4. The molecule has 4 nitrogen and oxygen atoms in total. The predicted octanol–water partition coefficient (Wildman–Crippen LogP) is 4.78. The van der Waals surface area contributed by atoms with Gasteiger partial charge in [-0.3, -0.25) is 9.69 Å². The summed E-state index contributed by atoms with van der Waals surface area (Å²) in [5.41, 5.74) is 4.47. The molecular formula is C23H24FN3OS. The monoisotopic (exact) mass is 409 g/mol. The molecule has 1 fully saturated rings. The molecule has 6 heteroatoms. The van der Waals surface area contributed by atoms with Crippen molar-refractivity contribution in [3.05, 3.63) is 70.5 Å². The van der Waals surface area contributed by atoms with E-state index >= 15 is 0 Å². The van der Waals surface area contributed by atoms with Crippen LogP contribution in [0.3, 0.4) is 0 Å². The highest BCUT2D eigenvalue weighted by Crippen LogP contribution is 2.26. The van der Waals surface area contributed by atoms with Crippen LogP contribution in [0.5, 0.6) is 0 Å². The molecular weight excluding hydrogens is 385 g/mol. The van der Waals surface area contributed by atoms with Gasteiger partial charge in [0.1, 0.15) is 10.8 Å². The summed E-state index contributed by atoms with van der Waals surface area (Å²) in [6.45, 7) is 7.56. The van der Waals surface area contributed by atoms with Gasteiger partial charge in [-0.25, -0.2) is 9.37 Å². The first kappa shape index (κ1) is 19.7. The van der Waals surface area contributed by atoms with Crippen molar-refractivity contribution in [2.75, 3.05) is 31.1 Å². The topological polar surface area (TPSA) is 36.4 Å². The van der Waals surface area contributed by atoms with Crippen LogP contribution in [0.25, 0.3) is 10.6 Å². The van der Waals surface area contributed by atoms with E-state index in [1.54, 1.807) is 23.5 Å². The van der Waals surface area contributed by atoms with Gasteiger partial charge in [0.15, 0.2) is 5.78 Å². The molecule has 1 aliphatic heterocycles. The Morgan fingerprint density at radius 2 is 1.83 bits per heavy atom. The first-order valence-electron chi connectivity index (χ1n) is 9.79. The van der Waals surface area contributed by atoms with Crippen LogP contribution in [-0.4, -0.2) is 41.8 Å². The van der Waals surface area contributed by atoms with Crippen molar-refractivity contribution >= 4 is 22.8 Å². The second kappa shape index (κ2) is 8.43. The van der Waals surface area contributed by atoms with Crippen molar-refractivity contribution in [3.63, 3.8) is 0 Å². The lowest BCUT2D eigenvalue weighted by Crippen LogP contribution is -2.46. The summed E-state index contributed by atoms with van der Waals surface area (Å²) in [6, 6.07) is 13.2. The van der Waals surface area contributed by atoms with E-state index in [0.717, 1.165) is 49.0 Å². The largest absolute Gasteiger partial charge is 0.367 e. The Morgan fingerprint density at radius 1 is 1.10 bits per heavy atom. The lowest BCUT2D eigenvalue weighted by Gasteiger charge is -2.36. The molecule has 150 valence electrons. The van der Waals surface area contributed by atoms with E-state index in [1.165, 1.54) is 18.6 Å². The molecule has 2 heterocycles. The molecule has 0 unspecified atom stereocenters. The van der Waals surface area contributed by atoms with Gasteiger partial charge in [-0.05, 0) is 32.0 Å². The van der Waals surface area contributed by atoms with Crippen LogP contribution in [-0.2, 0) is 6.54 Å². The van der Waals surface area contributed by atoms with Crippen molar-refractivity contribution in [1.29, 1.82) is 0 Å². The molecule has 0 N–H and O–H groups in total. The quantitative estimate of drug-likeness (QED) is 0.568. The number of Topliss-reactive ketones (excluding diaryl/α,β-unsaturated/α-hetero) is 1. The fourth-order valence-electron chi connectivity index (χ4n) is 3.57. The Balaban J connectivity index is 1.36. The summed E-state index contributed by atoms with van der Waals surface area (Å²) in [7, 11) is 0.